The summed E-state index contributed by atoms with van der Waals surface area (Å²) >= 11 is 0. The summed E-state index contributed by atoms with van der Waals surface area (Å²) in [6, 6.07) is 4.15. The third-order valence-electron chi connectivity index (χ3n) is 3.66. The molecule has 0 radical (unpaired) electrons. The maximum atomic E-state index is 4.18. The molecule has 3 nitrogen and oxygen atoms in total. The molecule has 1 aromatic rings. The molecule has 1 unspecified atom stereocenters. The van der Waals surface area contributed by atoms with Crippen molar-refractivity contribution in [3.05, 3.63) is 30.1 Å². The molecule has 0 fully saturated rings. The molecule has 1 atom stereocenters. The summed E-state index contributed by atoms with van der Waals surface area (Å²) in [6.45, 7) is 11.1. The summed E-state index contributed by atoms with van der Waals surface area (Å²) in [7, 11) is 2.20. The van der Waals surface area contributed by atoms with Crippen molar-refractivity contribution in [3.8, 4) is 0 Å². The predicted octanol–water partition coefficient (Wildman–Crippen LogP) is 2.93. The minimum absolute atomic E-state index is 0.339. The Morgan fingerprint density at radius 2 is 2.16 bits per heavy atom. The Hall–Kier alpha value is -0.930. The second kappa shape index (κ2) is 8.28. The van der Waals surface area contributed by atoms with Crippen LogP contribution in [0.3, 0.4) is 0 Å². The van der Waals surface area contributed by atoms with Crippen molar-refractivity contribution < 1.29 is 0 Å². The van der Waals surface area contributed by atoms with Gasteiger partial charge in [-0.25, -0.2) is 0 Å². The van der Waals surface area contributed by atoms with Crippen LogP contribution < -0.4 is 5.32 Å². The van der Waals surface area contributed by atoms with Crippen molar-refractivity contribution in [2.75, 3.05) is 26.7 Å². The van der Waals surface area contributed by atoms with Crippen LogP contribution in [-0.4, -0.2) is 36.6 Å². The first-order chi connectivity index (χ1) is 9.09. The summed E-state index contributed by atoms with van der Waals surface area (Å²) < 4.78 is 0. The fourth-order valence-electron chi connectivity index (χ4n) is 2.37. The van der Waals surface area contributed by atoms with Gasteiger partial charge < -0.3 is 10.2 Å². The molecule has 3 heteroatoms. The van der Waals surface area contributed by atoms with Crippen LogP contribution >= 0.6 is 0 Å². The van der Waals surface area contributed by atoms with Crippen molar-refractivity contribution in [2.45, 2.75) is 40.2 Å². The van der Waals surface area contributed by atoms with Crippen molar-refractivity contribution in [3.63, 3.8) is 0 Å². The van der Waals surface area contributed by atoms with Crippen LogP contribution in [0.2, 0.25) is 0 Å². The largest absolute Gasteiger partial charge is 0.316 e. The lowest BCUT2D eigenvalue weighted by Crippen LogP contribution is -2.40. The summed E-state index contributed by atoms with van der Waals surface area (Å²) in [4.78, 5) is 6.57. The number of rotatable bonds is 9. The van der Waals surface area contributed by atoms with Crippen LogP contribution in [0.25, 0.3) is 0 Å². The number of hydrogen-bond donors (Lipinski definition) is 1. The maximum Gasteiger partial charge on any atom is 0.0312 e. The van der Waals surface area contributed by atoms with Crippen LogP contribution in [0.15, 0.2) is 24.5 Å². The van der Waals surface area contributed by atoms with Crippen molar-refractivity contribution in [1.29, 1.82) is 0 Å². The Morgan fingerprint density at radius 3 is 2.74 bits per heavy atom. The summed E-state index contributed by atoms with van der Waals surface area (Å²) in [5.41, 5.74) is 1.62. The van der Waals surface area contributed by atoms with Gasteiger partial charge in [0, 0.05) is 32.0 Å². The van der Waals surface area contributed by atoms with E-state index in [0.29, 0.717) is 5.41 Å². The fraction of sp³-hybridized carbons (Fsp3) is 0.688. The zero-order valence-electron chi connectivity index (χ0n) is 12.9. The zero-order valence-corrected chi connectivity index (χ0v) is 12.9. The van der Waals surface area contributed by atoms with Gasteiger partial charge in [0.1, 0.15) is 0 Å². The van der Waals surface area contributed by atoms with E-state index in [-0.39, 0.29) is 0 Å². The number of aromatic nitrogens is 1. The Bertz CT molecular complexity index is 339. The molecule has 1 N–H and O–H groups in total. The van der Waals surface area contributed by atoms with Gasteiger partial charge in [-0.3, -0.25) is 4.98 Å². The van der Waals surface area contributed by atoms with Gasteiger partial charge in [-0.2, -0.15) is 0 Å². The Morgan fingerprint density at radius 1 is 1.37 bits per heavy atom. The van der Waals surface area contributed by atoms with Gasteiger partial charge in [0.05, 0.1) is 0 Å². The molecule has 0 saturated carbocycles. The smallest absolute Gasteiger partial charge is 0.0312 e. The molecule has 0 amide bonds. The van der Waals surface area contributed by atoms with E-state index in [9.17, 15) is 0 Å². The van der Waals surface area contributed by atoms with Crippen LogP contribution in [0.5, 0.6) is 0 Å². The molecule has 0 aliphatic rings. The molecule has 1 rings (SSSR count). The molecule has 0 saturated heterocycles. The van der Waals surface area contributed by atoms with Crippen LogP contribution in [0.1, 0.15) is 39.2 Å². The first kappa shape index (κ1) is 16.1. The standard InChI is InChI=1S/C16H29N3/c1-5-9-18-13-16(3,6-2)14-19(4)12-15-8-7-10-17-11-15/h7-8,10-11,18H,5-6,9,12-14H2,1-4H3. The highest BCUT2D eigenvalue weighted by Crippen LogP contribution is 2.21. The van der Waals surface area contributed by atoms with E-state index < -0.39 is 0 Å². The molecule has 0 spiro atoms. The Labute approximate surface area is 118 Å². The SMILES string of the molecule is CCCNCC(C)(CC)CN(C)Cc1cccnc1. The third kappa shape index (κ3) is 6.17. The minimum Gasteiger partial charge on any atom is -0.316 e. The maximum absolute atomic E-state index is 4.18. The highest BCUT2D eigenvalue weighted by molar-refractivity contribution is 5.08. The highest BCUT2D eigenvalue weighted by atomic mass is 15.1. The van der Waals surface area contributed by atoms with E-state index >= 15 is 0 Å². The Balaban J connectivity index is 2.45. The van der Waals surface area contributed by atoms with Crippen LogP contribution in [0.4, 0.5) is 0 Å². The minimum atomic E-state index is 0.339. The lowest BCUT2D eigenvalue weighted by molar-refractivity contribution is 0.175. The molecule has 19 heavy (non-hydrogen) atoms. The average Bonchev–Trinajstić information content (AvgIpc) is 2.40. The van der Waals surface area contributed by atoms with Gasteiger partial charge >= 0.3 is 0 Å². The fourth-order valence-corrected chi connectivity index (χ4v) is 2.37. The molecule has 108 valence electrons. The van der Waals surface area contributed by atoms with Crippen molar-refractivity contribution >= 4 is 0 Å². The molecular weight excluding hydrogens is 234 g/mol. The molecule has 0 aliphatic heterocycles. The lowest BCUT2D eigenvalue weighted by Gasteiger charge is -2.33. The molecule has 0 aliphatic carbocycles. The molecular formula is C16H29N3. The van der Waals surface area contributed by atoms with Gasteiger partial charge in [0.2, 0.25) is 0 Å². The molecule has 0 aromatic carbocycles. The number of nitrogens with one attached hydrogen (secondary N) is 1. The Kier molecular flexibility index (Phi) is 7.03. The van der Waals surface area contributed by atoms with Gasteiger partial charge in [-0.1, -0.05) is 26.8 Å². The third-order valence-corrected chi connectivity index (χ3v) is 3.66. The quantitative estimate of drug-likeness (QED) is 0.694. The molecule has 0 bridgehead atoms. The van der Waals surface area contributed by atoms with Crippen molar-refractivity contribution in [1.82, 2.24) is 15.2 Å². The zero-order chi connectivity index (χ0) is 14.1. The first-order valence-corrected chi connectivity index (χ1v) is 7.38. The van der Waals surface area contributed by atoms with Crippen molar-refractivity contribution in [2.24, 2.45) is 5.41 Å². The second-order valence-electron chi connectivity index (χ2n) is 5.87. The monoisotopic (exact) mass is 263 g/mol. The van der Waals surface area contributed by atoms with Gasteiger partial charge in [-0.05, 0) is 43.5 Å². The lowest BCUT2D eigenvalue weighted by atomic mass is 9.86. The normalized spacial score (nSPS) is 14.6. The number of nitrogens with zero attached hydrogens (tertiary/aromatic N) is 2. The second-order valence-corrected chi connectivity index (χ2v) is 5.87. The van der Waals surface area contributed by atoms with Crippen LogP contribution in [0, 0.1) is 5.41 Å². The average molecular weight is 263 g/mol. The van der Waals surface area contributed by atoms with Crippen LogP contribution in [-0.2, 0) is 6.54 Å². The van der Waals surface area contributed by atoms with E-state index in [1.54, 1.807) is 0 Å². The summed E-state index contributed by atoms with van der Waals surface area (Å²) in [5.74, 6) is 0. The first-order valence-electron chi connectivity index (χ1n) is 7.38. The van der Waals surface area contributed by atoms with Gasteiger partial charge in [-0.15, -0.1) is 0 Å². The number of pyridine rings is 1. The highest BCUT2D eigenvalue weighted by Gasteiger charge is 2.23. The summed E-state index contributed by atoms with van der Waals surface area (Å²) in [5, 5.41) is 3.56. The van der Waals surface area contributed by atoms with E-state index in [1.807, 2.05) is 18.5 Å². The topological polar surface area (TPSA) is 28.2 Å². The van der Waals surface area contributed by atoms with E-state index in [0.717, 1.165) is 26.2 Å². The summed E-state index contributed by atoms with van der Waals surface area (Å²) in [6.07, 6.45) is 6.18. The van der Waals surface area contributed by atoms with Gasteiger partial charge in [0.25, 0.3) is 0 Å². The molecule has 1 aromatic heterocycles. The number of hydrogen-bond acceptors (Lipinski definition) is 3. The molecule has 1 heterocycles. The van der Waals surface area contributed by atoms with Gasteiger partial charge in [0.15, 0.2) is 0 Å². The van der Waals surface area contributed by atoms with E-state index in [4.69, 9.17) is 0 Å². The van der Waals surface area contributed by atoms with E-state index in [2.05, 4.69) is 49.1 Å². The predicted molar refractivity (Wildman–Crippen MR) is 82.1 cm³/mol. The van der Waals surface area contributed by atoms with E-state index in [1.165, 1.54) is 18.4 Å².